The second-order valence-electron chi connectivity index (χ2n) is 6.95. The number of hydrogen-bond acceptors (Lipinski definition) is 5. The highest BCUT2D eigenvalue weighted by atomic mass is 35.5. The Hall–Kier alpha value is -3.64. The topological polar surface area (TPSA) is 65.6 Å². The van der Waals surface area contributed by atoms with Gasteiger partial charge in [-0.3, -0.25) is 0 Å². The van der Waals surface area contributed by atoms with Gasteiger partial charge in [-0.25, -0.2) is 4.98 Å². The van der Waals surface area contributed by atoms with Crippen LogP contribution in [0.25, 0.3) is 33.9 Å². The molecule has 164 valence electrons. The maximum atomic E-state index is 6.23. The number of nitrogens with one attached hydrogen (secondary N) is 1. The predicted molar refractivity (Wildman–Crippen MR) is 126 cm³/mol. The zero-order chi connectivity index (χ0) is 22.7. The molecule has 1 N–H and O–H groups in total. The van der Waals surface area contributed by atoms with Crippen molar-refractivity contribution in [3.8, 4) is 56.9 Å². The lowest BCUT2D eigenvalue weighted by atomic mass is 10.0. The van der Waals surface area contributed by atoms with E-state index in [1.165, 1.54) is 0 Å². The highest BCUT2D eigenvalue weighted by Gasteiger charge is 2.21. The molecule has 0 unspecified atom stereocenters. The van der Waals surface area contributed by atoms with Crippen molar-refractivity contribution in [3.05, 3.63) is 65.7 Å². The summed E-state index contributed by atoms with van der Waals surface area (Å²) in [4.78, 5) is 8.38. The molecule has 0 aliphatic heterocycles. The monoisotopic (exact) mass is 450 g/mol. The number of ether oxygens (including phenoxy) is 4. The maximum absolute atomic E-state index is 6.23. The van der Waals surface area contributed by atoms with Crippen LogP contribution in [0.4, 0.5) is 0 Å². The van der Waals surface area contributed by atoms with Crippen LogP contribution in [0.3, 0.4) is 0 Å². The fraction of sp³-hybridized carbons (Fsp3) is 0.160. The number of aromatic nitrogens is 2. The number of H-pyrrole nitrogens is 1. The van der Waals surface area contributed by atoms with E-state index in [0.29, 0.717) is 39.5 Å². The zero-order valence-corrected chi connectivity index (χ0v) is 19.0. The fourth-order valence-electron chi connectivity index (χ4n) is 3.53. The van der Waals surface area contributed by atoms with Gasteiger partial charge in [0.2, 0.25) is 0 Å². The summed E-state index contributed by atoms with van der Waals surface area (Å²) in [5.74, 6) is 3.36. The molecule has 1 aromatic heterocycles. The maximum Gasteiger partial charge on any atom is 0.138 e. The van der Waals surface area contributed by atoms with Crippen LogP contribution in [0.1, 0.15) is 0 Å². The summed E-state index contributed by atoms with van der Waals surface area (Å²) in [7, 11) is 6.49. The minimum atomic E-state index is 0.631. The molecule has 0 aliphatic carbocycles. The van der Waals surface area contributed by atoms with E-state index in [9.17, 15) is 0 Å². The Morgan fingerprint density at radius 3 is 1.94 bits per heavy atom. The summed E-state index contributed by atoms with van der Waals surface area (Å²) in [6.45, 7) is 0. The lowest BCUT2D eigenvalue weighted by molar-refractivity contribution is 0.394. The van der Waals surface area contributed by atoms with Crippen LogP contribution in [0, 0.1) is 0 Å². The summed E-state index contributed by atoms with van der Waals surface area (Å²) >= 11 is 6.23. The van der Waals surface area contributed by atoms with E-state index in [1.54, 1.807) is 28.4 Å². The molecule has 0 atom stereocenters. The Bertz CT molecular complexity index is 1180. The van der Waals surface area contributed by atoms with Crippen molar-refractivity contribution in [2.24, 2.45) is 0 Å². The van der Waals surface area contributed by atoms with E-state index in [1.807, 2.05) is 60.7 Å². The first-order chi connectivity index (χ1) is 15.6. The second kappa shape index (κ2) is 9.24. The standard InChI is InChI=1S/C25H23ClN2O4/c1-29-17-8-10-19(21(13-17)31-3)23-24(20-11-9-18(30-2)14-22(20)32-4)28-25(27-23)15-6-5-7-16(26)12-15/h5-14H,1-4H3,(H,27,28). The van der Waals surface area contributed by atoms with Crippen molar-refractivity contribution >= 4 is 11.6 Å². The Morgan fingerprint density at radius 1 is 0.719 bits per heavy atom. The SMILES string of the molecule is COc1ccc(-c2nc(-c3cccc(Cl)c3)[nH]c2-c2ccc(OC)cc2OC)c(OC)c1. The molecular weight excluding hydrogens is 428 g/mol. The van der Waals surface area contributed by atoms with E-state index in [2.05, 4.69) is 4.98 Å². The molecule has 4 aromatic rings. The van der Waals surface area contributed by atoms with Crippen LogP contribution in [-0.4, -0.2) is 38.4 Å². The number of benzene rings is 3. The molecule has 32 heavy (non-hydrogen) atoms. The number of nitrogens with zero attached hydrogens (tertiary/aromatic N) is 1. The molecule has 1 heterocycles. The minimum absolute atomic E-state index is 0.631. The normalized spacial score (nSPS) is 10.7. The van der Waals surface area contributed by atoms with Crippen LogP contribution in [0.15, 0.2) is 60.7 Å². The molecule has 0 fully saturated rings. The summed E-state index contributed by atoms with van der Waals surface area (Å²) < 4.78 is 22.0. The lowest BCUT2D eigenvalue weighted by Gasteiger charge is -2.13. The van der Waals surface area contributed by atoms with E-state index in [4.69, 9.17) is 35.5 Å². The fourth-order valence-corrected chi connectivity index (χ4v) is 3.73. The quantitative estimate of drug-likeness (QED) is 0.368. The highest BCUT2D eigenvalue weighted by Crippen LogP contribution is 2.42. The molecule has 0 amide bonds. The van der Waals surface area contributed by atoms with E-state index < -0.39 is 0 Å². The van der Waals surface area contributed by atoms with Crippen molar-refractivity contribution in [2.45, 2.75) is 0 Å². The molecule has 3 aromatic carbocycles. The molecule has 6 nitrogen and oxygen atoms in total. The number of methoxy groups -OCH3 is 4. The third-order valence-corrected chi connectivity index (χ3v) is 5.38. The molecule has 4 rings (SSSR count). The van der Waals surface area contributed by atoms with Gasteiger partial charge in [0.05, 0.1) is 34.1 Å². The Balaban J connectivity index is 1.97. The molecular formula is C25H23ClN2O4. The Morgan fingerprint density at radius 2 is 1.34 bits per heavy atom. The molecule has 0 bridgehead atoms. The number of halogens is 1. The molecule has 0 aliphatic rings. The van der Waals surface area contributed by atoms with Crippen molar-refractivity contribution in [3.63, 3.8) is 0 Å². The van der Waals surface area contributed by atoms with Gasteiger partial charge in [-0.05, 0) is 36.4 Å². The molecule has 0 saturated heterocycles. The van der Waals surface area contributed by atoms with Crippen molar-refractivity contribution in [2.75, 3.05) is 28.4 Å². The van der Waals surface area contributed by atoms with Crippen molar-refractivity contribution in [1.29, 1.82) is 0 Å². The molecule has 0 saturated carbocycles. The van der Waals surface area contributed by atoms with Gasteiger partial charge in [0.15, 0.2) is 0 Å². The highest BCUT2D eigenvalue weighted by molar-refractivity contribution is 6.30. The van der Waals surface area contributed by atoms with E-state index >= 15 is 0 Å². The number of imidazole rings is 1. The van der Waals surface area contributed by atoms with Crippen molar-refractivity contribution in [1.82, 2.24) is 9.97 Å². The van der Waals surface area contributed by atoms with Gasteiger partial charge in [-0.1, -0.05) is 23.7 Å². The predicted octanol–water partition coefficient (Wildman–Crippen LogP) is 6.10. The van der Waals surface area contributed by atoms with Gasteiger partial charge in [0.1, 0.15) is 34.5 Å². The molecule has 7 heteroatoms. The Kier molecular flexibility index (Phi) is 6.23. The summed E-state index contributed by atoms with van der Waals surface area (Å²) in [6, 6.07) is 18.8. The average molecular weight is 451 g/mol. The van der Waals surface area contributed by atoms with Gasteiger partial charge >= 0.3 is 0 Å². The van der Waals surface area contributed by atoms with Gasteiger partial charge in [0, 0.05) is 33.8 Å². The van der Waals surface area contributed by atoms with Gasteiger partial charge in [-0.15, -0.1) is 0 Å². The third-order valence-electron chi connectivity index (χ3n) is 5.14. The Labute approximate surface area is 191 Å². The number of hydrogen-bond donors (Lipinski definition) is 1. The van der Waals surface area contributed by atoms with Gasteiger partial charge in [-0.2, -0.15) is 0 Å². The second-order valence-corrected chi connectivity index (χ2v) is 7.39. The van der Waals surface area contributed by atoms with Gasteiger partial charge < -0.3 is 23.9 Å². The lowest BCUT2D eigenvalue weighted by Crippen LogP contribution is -1.94. The number of aromatic amines is 1. The van der Waals surface area contributed by atoms with Crippen LogP contribution >= 0.6 is 11.6 Å². The molecule has 0 spiro atoms. The van der Waals surface area contributed by atoms with Crippen LogP contribution in [-0.2, 0) is 0 Å². The summed E-state index contributed by atoms with van der Waals surface area (Å²) in [6.07, 6.45) is 0. The summed E-state index contributed by atoms with van der Waals surface area (Å²) in [5, 5.41) is 0.631. The third kappa shape index (κ3) is 4.09. The first-order valence-electron chi connectivity index (χ1n) is 9.88. The first kappa shape index (κ1) is 21.6. The first-order valence-corrected chi connectivity index (χ1v) is 10.3. The van der Waals surface area contributed by atoms with E-state index in [0.717, 1.165) is 22.4 Å². The molecule has 0 radical (unpaired) electrons. The summed E-state index contributed by atoms with van der Waals surface area (Å²) in [5.41, 5.74) is 4.00. The van der Waals surface area contributed by atoms with Crippen molar-refractivity contribution < 1.29 is 18.9 Å². The van der Waals surface area contributed by atoms with Crippen LogP contribution < -0.4 is 18.9 Å². The van der Waals surface area contributed by atoms with Gasteiger partial charge in [0.25, 0.3) is 0 Å². The van der Waals surface area contributed by atoms with Crippen LogP contribution in [0.5, 0.6) is 23.0 Å². The smallest absolute Gasteiger partial charge is 0.138 e. The largest absolute Gasteiger partial charge is 0.497 e. The van der Waals surface area contributed by atoms with E-state index in [-0.39, 0.29) is 0 Å². The average Bonchev–Trinajstić information content (AvgIpc) is 3.28. The minimum Gasteiger partial charge on any atom is -0.497 e. The van der Waals surface area contributed by atoms with Crippen LogP contribution in [0.2, 0.25) is 5.02 Å². The zero-order valence-electron chi connectivity index (χ0n) is 18.2. The number of rotatable bonds is 7.